The molecule has 2 aliphatic carbocycles. The van der Waals surface area contributed by atoms with Crippen LogP contribution < -0.4 is 10.5 Å². The maximum atomic E-state index is 6.42. The van der Waals surface area contributed by atoms with Gasteiger partial charge in [-0.15, -0.1) is 0 Å². The Balaban J connectivity index is 2.03. The van der Waals surface area contributed by atoms with Crippen LogP contribution in [0.5, 0.6) is 5.75 Å². The van der Waals surface area contributed by atoms with Crippen LogP contribution in [0, 0.1) is 6.92 Å². The molecular formula is C14H18ClNO. The van der Waals surface area contributed by atoms with E-state index in [2.05, 4.69) is 13.0 Å². The normalized spacial score (nSPS) is 22.1. The van der Waals surface area contributed by atoms with Gasteiger partial charge in [0.05, 0.1) is 11.1 Å². The molecule has 1 aromatic rings. The molecule has 0 aliphatic heterocycles. The topological polar surface area (TPSA) is 35.2 Å². The fourth-order valence-corrected chi connectivity index (χ4v) is 2.72. The Morgan fingerprint density at radius 1 is 1.35 bits per heavy atom. The third-order valence-electron chi connectivity index (χ3n) is 3.78. The third-order valence-corrected chi connectivity index (χ3v) is 4.06. The molecule has 17 heavy (non-hydrogen) atoms. The summed E-state index contributed by atoms with van der Waals surface area (Å²) in [7, 11) is 0. The number of ether oxygens (including phenoxy) is 1. The molecule has 92 valence electrons. The molecule has 0 atom stereocenters. The molecule has 0 saturated heterocycles. The lowest BCUT2D eigenvalue weighted by Crippen LogP contribution is -2.43. The number of rotatable bonds is 3. The van der Waals surface area contributed by atoms with Gasteiger partial charge < -0.3 is 10.5 Å². The largest absolute Gasteiger partial charge is 0.489 e. The third kappa shape index (κ3) is 2.04. The minimum absolute atomic E-state index is 0.208. The number of halogens is 1. The standard InChI is InChI=1S/C14H18ClNO/c1-9-7-11(14(16)5-2-6-14)13(12(15)8-9)17-10-3-4-10/h7-8,10H,2-6,16H2,1H3. The van der Waals surface area contributed by atoms with E-state index in [0.29, 0.717) is 11.1 Å². The average Bonchev–Trinajstić information content (AvgIpc) is 3.02. The van der Waals surface area contributed by atoms with Crippen molar-refractivity contribution in [3.8, 4) is 5.75 Å². The van der Waals surface area contributed by atoms with Gasteiger partial charge >= 0.3 is 0 Å². The first-order valence-electron chi connectivity index (χ1n) is 6.35. The smallest absolute Gasteiger partial charge is 0.143 e. The van der Waals surface area contributed by atoms with Gasteiger partial charge in [-0.25, -0.2) is 0 Å². The van der Waals surface area contributed by atoms with Crippen molar-refractivity contribution in [1.29, 1.82) is 0 Å². The van der Waals surface area contributed by atoms with E-state index >= 15 is 0 Å². The summed E-state index contributed by atoms with van der Waals surface area (Å²) < 4.78 is 5.95. The van der Waals surface area contributed by atoms with Crippen molar-refractivity contribution in [3.05, 3.63) is 28.3 Å². The van der Waals surface area contributed by atoms with Gasteiger partial charge in [0.1, 0.15) is 5.75 Å². The van der Waals surface area contributed by atoms with E-state index in [9.17, 15) is 0 Å². The SMILES string of the molecule is Cc1cc(Cl)c(OC2CC2)c(C2(N)CCC2)c1. The Morgan fingerprint density at radius 2 is 2.06 bits per heavy atom. The van der Waals surface area contributed by atoms with Crippen LogP contribution in [-0.4, -0.2) is 6.10 Å². The van der Waals surface area contributed by atoms with Crippen LogP contribution in [0.3, 0.4) is 0 Å². The first-order valence-corrected chi connectivity index (χ1v) is 6.72. The fourth-order valence-electron chi connectivity index (χ4n) is 2.40. The Morgan fingerprint density at radius 3 is 2.59 bits per heavy atom. The van der Waals surface area contributed by atoms with E-state index in [1.807, 2.05) is 6.07 Å². The van der Waals surface area contributed by atoms with Gasteiger partial charge in [0.2, 0.25) is 0 Å². The van der Waals surface area contributed by atoms with Crippen molar-refractivity contribution >= 4 is 11.6 Å². The number of hydrogen-bond donors (Lipinski definition) is 1. The number of nitrogens with two attached hydrogens (primary N) is 1. The molecule has 2 nitrogen and oxygen atoms in total. The minimum Gasteiger partial charge on any atom is -0.489 e. The first kappa shape index (κ1) is 11.4. The maximum Gasteiger partial charge on any atom is 0.143 e. The molecule has 0 aromatic heterocycles. The predicted molar refractivity (Wildman–Crippen MR) is 69.6 cm³/mol. The lowest BCUT2D eigenvalue weighted by molar-refractivity contribution is 0.231. The summed E-state index contributed by atoms with van der Waals surface area (Å²) in [6.07, 6.45) is 5.91. The Hall–Kier alpha value is -0.730. The fraction of sp³-hybridized carbons (Fsp3) is 0.571. The van der Waals surface area contributed by atoms with Crippen LogP contribution in [0.4, 0.5) is 0 Å². The van der Waals surface area contributed by atoms with E-state index in [1.165, 1.54) is 6.42 Å². The highest BCUT2D eigenvalue weighted by Crippen LogP contribution is 2.46. The zero-order chi connectivity index (χ0) is 12.0. The second-order valence-electron chi connectivity index (χ2n) is 5.45. The van der Waals surface area contributed by atoms with Gasteiger partial charge in [-0.1, -0.05) is 17.7 Å². The Bertz CT molecular complexity index is 450. The quantitative estimate of drug-likeness (QED) is 0.892. The molecule has 0 spiro atoms. The van der Waals surface area contributed by atoms with Gasteiger partial charge in [-0.3, -0.25) is 0 Å². The maximum absolute atomic E-state index is 6.42. The molecule has 2 N–H and O–H groups in total. The van der Waals surface area contributed by atoms with Gasteiger partial charge in [-0.05, 0) is 50.7 Å². The number of aryl methyl sites for hydroxylation is 1. The average molecular weight is 252 g/mol. The summed E-state index contributed by atoms with van der Waals surface area (Å²) in [5, 5.41) is 0.712. The molecule has 0 radical (unpaired) electrons. The highest BCUT2D eigenvalue weighted by molar-refractivity contribution is 6.32. The highest BCUT2D eigenvalue weighted by Gasteiger charge is 2.38. The van der Waals surface area contributed by atoms with Gasteiger partial charge in [0.15, 0.2) is 0 Å². The molecular weight excluding hydrogens is 234 g/mol. The van der Waals surface area contributed by atoms with Crippen LogP contribution in [0.15, 0.2) is 12.1 Å². The summed E-state index contributed by atoms with van der Waals surface area (Å²) in [5.74, 6) is 0.835. The van der Waals surface area contributed by atoms with Crippen LogP contribution in [0.25, 0.3) is 0 Å². The van der Waals surface area contributed by atoms with Crippen LogP contribution in [0.1, 0.15) is 43.2 Å². The second kappa shape index (κ2) is 3.89. The molecule has 3 rings (SSSR count). The zero-order valence-corrected chi connectivity index (χ0v) is 10.9. The van der Waals surface area contributed by atoms with Gasteiger partial charge in [0, 0.05) is 11.1 Å². The van der Waals surface area contributed by atoms with Crippen LogP contribution >= 0.6 is 11.6 Å². The molecule has 0 bridgehead atoms. The van der Waals surface area contributed by atoms with Crippen LogP contribution in [-0.2, 0) is 5.54 Å². The van der Waals surface area contributed by atoms with E-state index in [-0.39, 0.29) is 5.54 Å². The summed E-state index contributed by atoms with van der Waals surface area (Å²) in [6.45, 7) is 2.05. The Kier molecular flexibility index (Phi) is 2.60. The van der Waals surface area contributed by atoms with E-state index in [1.54, 1.807) is 0 Å². The van der Waals surface area contributed by atoms with Crippen molar-refractivity contribution < 1.29 is 4.74 Å². The van der Waals surface area contributed by atoms with Crippen molar-refractivity contribution in [2.24, 2.45) is 5.73 Å². The van der Waals surface area contributed by atoms with Crippen molar-refractivity contribution in [3.63, 3.8) is 0 Å². The number of benzene rings is 1. The van der Waals surface area contributed by atoms with Crippen LogP contribution in [0.2, 0.25) is 5.02 Å². The van der Waals surface area contributed by atoms with E-state index < -0.39 is 0 Å². The predicted octanol–water partition coefficient (Wildman–Crippen LogP) is 3.53. The number of hydrogen-bond acceptors (Lipinski definition) is 2. The lowest BCUT2D eigenvalue weighted by Gasteiger charge is -2.40. The van der Waals surface area contributed by atoms with Crippen molar-refractivity contribution in [2.75, 3.05) is 0 Å². The minimum atomic E-state index is -0.208. The second-order valence-corrected chi connectivity index (χ2v) is 5.86. The Labute approximate surface area is 107 Å². The molecule has 2 aliphatic rings. The molecule has 3 heteroatoms. The molecule has 0 heterocycles. The van der Waals surface area contributed by atoms with E-state index in [0.717, 1.165) is 42.6 Å². The van der Waals surface area contributed by atoms with Gasteiger partial charge in [-0.2, -0.15) is 0 Å². The molecule has 1 aromatic carbocycles. The summed E-state index contributed by atoms with van der Waals surface area (Å²) in [4.78, 5) is 0. The molecule has 0 unspecified atom stereocenters. The monoisotopic (exact) mass is 251 g/mol. The first-order chi connectivity index (χ1) is 8.08. The molecule has 2 saturated carbocycles. The summed E-state index contributed by atoms with van der Waals surface area (Å²) in [6, 6.07) is 4.10. The summed E-state index contributed by atoms with van der Waals surface area (Å²) in [5.41, 5.74) is 8.48. The van der Waals surface area contributed by atoms with Crippen molar-refractivity contribution in [1.82, 2.24) is 0 Å². The van der Waals surface area contributed by atoms with Crippen molar-refractivity contribution in [2.45, 2.75) is 50.7 Å². The lowest BCUT2D eigenvalue weighted by atomic mass is 9.72. The van der Waals surface area contributed by atoms with E-state index in [4.69, 9.17) is 22.1 Å². The van der Waals surface area contributed by atoms with Gasteiger partial charge in [0.25, 0.3) is 0 Å². The highest BCUT2D eigenvalue weighted by atomic mass is 35.5. The zero-order valence-electron chi connectivity index (χ0n) is 10.1. The summed E-state index contributed by atoms with van der Waals surface area (Å²) >= 11 is 6.31. The molecule has 2 fully saturated rings. The molecule has 0 amide bonds.